The molecule has 0 aromatic heterocycles. The highest BCUT2D eigenvalue weighted by Gasteiger charge is 2.29. The van der Waals surface area contributed by atoms with Crippen molar-refractivity contribution in [2.45, 2.75) is 27.2 Å². The molecule has 0 aliphatic carbocycles. The van der Waals surface area contributed by atoms with Gasteiger partial charge in [-0.2, -0.15) is 0 Å². The SMILES string of the molecule is CC(CNC(=O)N1CC(C)C(C)C1)CC(=O)O. The van der Waals surface area contributed by atoms with Gasteiger partial charge in [0.2, 0.25) is 0 Å². The van der Waals surface area contributed by atoms with Gasteiger partial charge in [-0.25, -0.2) is 4.79 Å². The number of carbonyl (C=O) groups excluding carboxylic acids is 1. The van der Waals surface area contributed by atoms with Crippen LogP contribution < -0.4 is 5.32 Å². The highest BCUT2D eigenvalue weighted by Crippen LogP contribution is 2.21. The van der Waals surface area contributed by atoms with E-state index in [0.717, 1.165) is 13.1 Å². The van der Waals surface area contributed by atoms with Crippen LogP contribution in [0.5, 0.6) is 0 Å². The number of carboxylic acids is 1. The molecule has 1 heterocycles. The van der Waals surface area contributed by atoms with Gasteiger partial charge in [0.1, 0.15) is 0 Å². The summed E-state index contributed by atoms with van der Waals surface area (Å²) < 4.78 is 0. The van der Waals surface area contributed by atoms with Crippen molar-refractivity contribution >= 4 is 12.0 Å². The molecule has 3 unspecified atom stereocenters. The second kappa shape index (κ2) is 5.89. The van der Waals surface area contributed by atoms with Crippen LogP contribution in [0.25, 0.3) is 0 Å². The number of likely N-dealkylation sites (tertiary alicyclic amines) is 1. The molecular weight excluding hydrogens is 220 g/mol. The average Bonchev–Trinajstić information content (AvgIpc) is 2.55. The molecule has 2 amide bonds. The van der Waals surface area contributed by atoms with Crippen LogP contribution in [0.4, 0.5) is 4.79 Å². The lowest BCUT2D eigenvalue weighted by molar-refractivity contribution is -0.137. The first kappa shape index (κ1) is 13.8. The summed E-state index contributed by atoms with van der Waals surface area (Å²) in [6.07, 6.45) is 0.0904. The summed E-state index contributed by atoms with van der Waals surface area (Å²) in [7, 11) is 0. The second-order valence-corrected chi connectivity index (χ2v) is 5.25. The first-order chi connectivity index (χ1) is 7.90. The number of rotatable bonds is 4. The number of hydrogen-bond acceptors (Lipinski definition) is 2. The smallest absolute Gasteiger partial charge is 0.317 e. The quantitative estimate of drug-likeness (QED) is 0.782. The summed E-state index contributed by atoms with van der Waals surface area (Å²) in [6.45, 7) is 8.12. The van der Waals surface area contributed by atoms with E-state index >= 15 is 0 Å². The van der Waals surface area contributed by atoms with Crippen LogP contribution in [0.1, 0.15) is 27.2 Å². The molecule has 0 bridgehead atoms. The maximum Gasteiger partial charge on any atom is 0.317 e. The van der Waals surface area contributed by atoms with E-state index in [1.807, 2.05) is 11.8 Å². The van der Waals surface area contributed by atoms with E-state index in [1.54, 1.807) is 0 Å². The Kier molecular flexibility index (Phi) is 4.78. The largest absolute Gasteiger partial charge is 0.481 e. The molecule has 1 rings (SSSR count). The Bertz CT molecular complexity index is 283. The zero-order chi connectivity index (χ0) is 13.0. The highest BCUT2D eigenvalue weighted by molar-refractivity contribution is 5.74. The predicted octanol–water partition coefficient (Wildman–Crippen LogP) is 1.39. The predicted molar refractivity (Wildman–Crippen MR) is 64.7 cm³/mol. The molecule has 98 valence electrons. The van der Waals surface area contributed by atoms with E-state index < -0.39 is 5.97 Å². The van der Waals surface area contributed by atoms with Crippen molar-refractivity contribution < 1.29 is 14.7 Å². The van der Waals surface area contributed by atoms with Gasteiger partial charge in [-0.15, -0.1) is 0 Å². The number of hydrogen-bond donors (Lipinski definition) is 2. The topological polar surface area (TPSA) is 69.6 Å². The molecule has 1 saturated heterocycles. The molecule has 2 N–H and O–H groups in total. The van der Waals surface area contributed by atoms with Gasteiger partial charge in [0.25, 0.3) is 0 Å². The number of aliphatic carboxylic acids is 1. The minimum Gasteiger partial charge on any atom is -0.481 e. The summed E-state index contributed by atoms with van der Waals surface area (Å²) in [5.41, 5.74) is 0. The fourth-order valence-corrected chi connectivity index (χ4v) is 2.04. The monoisotopic (exact) mass is 242 g/mol. The van der Waals surface area contributed by atoms with E-state index in [2.05, 4.69) is 19.2 Å². The van der Waals surface area contributed by atoms with E-state index in [-0.39, 0.29) is 18.4 Å². The van der Waals surface area contributed by atoms with Crippen LogP contribution >= 0.6 is 0 Å². The standard InChI is InChI=1S/C12H22N2O3/c1-8(4-11(15)16)5-13-12(17)14-6-9(2)10(3)7-14/h8-10H,4-7H2,1-3H3,(H,13,17)(H,15,16). The fraction of sp³-hybridized carbons (Fsp3) is 0.833. The van der Waals surface area contributed by atoms with Crippen molar-refractivity contribution in [2.24, 2.45) is 17.8 Å². The fourth-order valence-electron chi connectivity index (χ4n) is 2.04. The van der Waals surface area contributed by atoms with Crippen molar-refractivity contribution in [2.75, 3.05) is 19.6 Å². The summed E-state index contributed by atoms with van der Waals surface area (Å²) in [6, 6.07) is -0.0709. The number of urea groups is 1. The number of amides is 2. The van der Waals surface area contributed by atoms with Crippen LogP contribution in [0, 0.1) is 17.8 Å². The second-order valence-electron chi connectivity index (χ2n) is 5.25. The first-order valence-corrected chi connectivity index (χ1v) is 6.14. The summed E-state index contributed by atoms with van der Waals surface area (Å²) in [4.78, 5) is 24.1. The van der Waals surface area contributed by atoms with Gasteiger partial charge in [-0.3, -0.25) is 4.79 Å². The molecule has 0 aromatic carbocycles. The molecule has 0 saturated carbocycles. The molecular formula is C12H22N2O3. The Hall–Kier alpha value is -1.26. The molecule has 0 radical (unpaired) electrons. The van der Waals surface area contributed by atoms with Gasteiger partial charge in [0.15, 0.2) is 0 Å². The van der Waals surface area contributed by atoms with Crippen molar-refractivity contribution in [1.82, 2.24) is 10.2 Å². The van der Waals surface area contributed by atoms with Crippen LogP contribution in [-0.4, -0.2) is 41.6 Å². The number of nitrogens with zero attached hydrogens (tertiary/aromatic N) is 1. The van der Waals surface area contributed by atoms with Gasteiger partial charge in [-0.05, 0) is 17.8 Å². The van der Waals surface area contributed by atoms with E-state index in [1.165, 1.54) is 0 Å². The Morgan fingerprint density at radius 1 is 1.35 bits per heavy atom. The number of carboxylic acid groups (broad SMARTS) is 1. The molecule has 1 fully saturated rings. The molecule has 5 nitrogen and oxygen atoms in total. The summed E-state index contributed by atoms with van der Waals surface area (Å²) in [5.74, 6) is 0.221. The summed E-state index contributed by atoms with van der Waals surface area (Å²) >= 11 is 0. The van der Waals surface area contributed by atoms with Gasteiger partial charge in [-0.1, -0.05) is 20.8 Å². The van der Waals surface area contributed by atoms with Crippen LogP contribution in [-0.2, 0) is 4.79 Å². The van der Waals surface area contributed by atoms with Crippen LogP contribution in [0.15, 0.2) is 0 Å². The molecule has 17 heavy (non-hydrogen) atoms. The molecule has 1 aliphatic heterocycles. The lowest BCUT2D eigenvalue weighted by Gasteiger charge is -2.18. The van der Waals surface area contributed by atoms with Gasteiger partial charge in [0, 0.05) is 26.1 Å². The normalized spacial score (nSPS) is 25.7. The van der Waals surface area contributed by atoms with Gasteiger partial charge < -0.3 is 15.3 Å². The molecule has 0 spiro atoms. The molecule has 1 aliphatic rings. The van der Waals surface area contributed by atoms with Gasteiger partial charge >= 0.3 is 12.0 Å². The average molecular weight is 242 g/mol. The van der Waals surface area contributed by atoms with Crippen LogP contribution in [0.2, 0.25) is 0 Å². The third kappa shape index (κ3) is 4.24. The Morgan fingerprint density at radius 2 is 1.88 bits per heavy atom. The highest BCUT2D eigenvalue weighted by atomic mass is 16.4. The molecule has 5 heteroatoms. The minimum absolute atomic E-state index is 0.0334. The third-order valence-corrected chi connectivity index (χ3v) is 3.40. The van der Waals surface area contributed by atoms with E-state index in [0.29, 0.717) is 18.4 Å². The zero-order valence-electron chi connectivity index (χ0n) is 10.8. The van der Waals surface area contributed by atoms with Crippen LogP contribution in [0.3, 0.4) is 0 Å². The van der Waals surface area contributed by atoms with Gasteiger partial charge in [0.05, 0.1) is 0 Å². The van der Waals surface area contributed by atoms with E-state index in [9.17, 15) is 9.59 Å². The third-order valence-electron chi connectivity index (χ3n) is 3.40. The Balaban J connectivity index is 2.28. The van der Waals surface area contributed by atoms with Crippen molar-refractivity contribution in [3.8, 4) is 0 Å². The maximum atomic E-state index is 11.8. The van der Waals surface area contributed by atoms with E-state index in [4.69, 9.17) is 5.11 Å². The zero-order valence-corrected chi connectivity index (χ0v) is 10.8. The Labute approximate surface area is 102 Å². The summed E-state index contributed by atoms with van der Waals surface area (Å²) in [5, 5.41) is 11.4. The molecule has 0 aromatic rings. The van der Waals surface area contributed by atoms with Crippen molar-refractivity contribution in [1.29, 1.82) is 0 Å². The first-order valence-electron chi connectivity index (χ1n) is 6.14. The maximum absolute atomic E-state index is 11.8. The number of nitrogens with one attached hydrogen (secondary N) is 1. The lowest BCUT2D eigenvalue weighted by Crippen LogP contribution is -2.40. The molecule has 3 atom stereocenters. The lowest BCUT2D eigenvalue weighted by atomic mass is 10.0. The Morgan fingerprint density at radius 3 is 2.35 bits per heavy atom. The number of carbonyl (C=O) groups is 2. The van der Waals surface area contributed by atoms with Crippen molar-refractivity contribution in [3.63, 3.8) is 0 Å². The van der Waals surface area contributed by atoms with Crippen molar-refractivity contribution in [3.05, 3.63) is 0 Å². The minimum atomic E-state index is -0.824.